The fourth-order valence-electron chi connectivity index (χ4n) is 4.44. The molecule has 29 heavy (non-hydrogen) atoms. The Balaban J connectivity index is 1.52. The van der Waals surface area contributed by atoms with Gasteiger partial charge in [0.25, 0.3) is 0 Å². The number of rotatable bonds is 4. The summed E-state index contributed by atoms with van der Waals surface area (Å²) < 4.78 is 27.6. The van der Waals surface area contributed by atoms with E-state index in [-0.39, 0.29) is 34.3 Å². The van der Waals surface area contributed by atoms with Gasteiger partial charge in [0.1, 0.15) is 4.90 Å². The van der Waals surface area contributed by atoms with Crippen LogP contribution in [0.15, 0.2) is 59.5 Å². The first kappa shape index (κ1) is 20.4. The fraction of sp³-hybridized carbons (Fsp3) is 0.409. The molecule has 2 saturated heterocycles. The Kier molecular flexibility index (Phi) is 5.95. The van der Waals surface area contributed by atoms with Crippen molar-refractivity contribution in [1.82, 2.24) is 9.21 Å². The third-order valence-electron chi connectivity index (χ3n) is 5.91. The highest BCUT2D eigenvalue weighted by Crippen LogP contribution is 2.35. The fourth-order valence-corrected chi connectivity index (χ4v) is 6.46. The number of carbonyl (C=O) groups is 1. The van der Waals surface area contributed by atoms with E-state index < -0.39 is 10.0 Å². The van der Waals surface area contributed by atoms with E-state index in [0.717, 1.165) is 24.9 Å². The molecule has 0 N–H and O–H groups in total. The van der Waals surface area contributed by atoms with Gasteiger partial charge in [-0.25, -0.2) is 8.42 Å². The number of piperidine rings is 1. The van der Waals surface area contributed by atoms with Crippen LogP contribution in [0.4, 0.5) is 0 Å². The van der Waals surface area contributed by atoms with Crippen LogP contribution in [0.5, 0.6) is 0 Å². The number of sulfonamides is 1. The summed E-state index contributed by atoms with van der Waals surface area (Å²) in [6.45, 7) is 1.36. The molecule has 0 aliphatic carbocycles. The number of benzene rings is 2. The second-order valence-electron chi connectivity index (χ2n) is 7.73. The standard InChI is InChI=1S/C22H25ClN2O3S/c23-19-11-4-5-13-21(19)29(27,28)24-14-6-10-18(16-24)22(26)25-15-7-12-20(25)17-8-2-1-3-9-17/h1-5,8-9,11,13,18,20H,6-7,10,12,14-16H2. The molecule has 1 amide bonds. The molecule has 2 aliphatic rings. The molecule has 0 radical (unpaired) electrons. The van der Waals surface area contributed by atoms with E-state index in [9.17, 15) is 13.2 Å². The quantitative estimate of drug-likeness (QED) is 0.730. The first-order valence-corrected chi connectivity index (χ1v) is 11.9. The smallest absolute Gasteiger partial charge is 0.244 e. The molecule has 2 aromatic rings. The van der Waals surface area contributed by atoms with Crippen LogP contribution < -0.4 is 0 Å². The lowest BCUT2D eigenvalue weighted by atomic mass is 9.96. The van der Waals surface area contributed by atoms with Crippen molar-refractivity contribution in [2.75, 3.05) is 19.6 Å². The van der Waals surface area contributed by atoms with Gasteiger partial charge in [-0.3, -0.25) is 4.79 Å². The molecule has 2 fully saturated rings. The molecule has 7 heteroatoms. The minimum Gasteiger partial charge on any atom is -0.335 e. The molecule has 0 spiro atoms. The van der Waals surface area contributed by atoms with Crippen molar-refractivity contribution in [2.45, 2.75) is 36.6 Å². The molecule has 154 valence electrons. The van der Waals surface area contributed by atoms with Gasteiger partial charge in [0.05, 0.1) is 17.0 Å². The first-order chi connectivity index (χ1) is 14.0. The summed E-state index contributed by atoms with van der Waals surface area (Å²) in [5.41, 5.74) is 1.15. The predicted octanol–water partition coefficient (Wildman–Crippen LogP) is 4.10. The van der Waals surface area contributed by atoms with Crippen LogP contribution >= 0.6 is 11.6 Å². The van der Waals surface area contributed by atoms with Gasteiger partial charge in [-0.15, -0.1) is 0 Å². The van der Waals surface area contributed by atoms with Crippen LogP contribution in [0.3, 0.4) is 0 Å². The summed E-state index contributed by atoms with van der Waals surface area (Å²) in [7, 11) is -3.72. The highest BCUT2D eigenvalue weighted by Gasteiger charge is 2.39. The lowest BCUT2D eigenvalue weighted by Gasteiger charge is -2.35. The molecule has 4 rings (SSSR count). The minimum absolute atomic E-state index is 0.0652. The summed E-state index contributed by atoms with van der Waals surface area (Å²) in [6, 6.07) is 16.6. The van der Waals surface area contributed by atoms with Crippen LogP contribution in [-0.4, -0.2) is 43.2 Å². The summed E-state index contributed by atoms with van der Waals surface area (Å²) >= 11 is 6.14. The van der Waals surface area contributed by atoms with Gasteiger partial charge >= 0.3 is 0 Å². The van der Waals surface area contributed by atoms with Gasteiger partial charge in [0.2, 0.25) is 15.9 Å². The maximum Gasteiger partial charge on any atom is 0.244 e. The van der Waals surface area contributed by atoms with Gasteiger partial charge < -0.3 is 4.90 Å². The van der Waals surface area contributed by atoms with Crippen LogP contribution in [-0.2, 0) is 14.8 Å². The molecular weight excluding hydrogens is 408 g/mol. The molecule has 2 aliphatic heterocycles. The van der Waals surface area contributed by atoms with E-state index in [2.05, 4.69) is 12.1 Å². The van der Waals surface area contributed by atoms with Crippen LogP contribution in [0.2, 0.25) is 5.02 Å². The van der Waals surface area contributed by atoms with Gasteiger partial charge in [0.15, 0.2) is 0 Å². The van der Waals surface area contributed by atoms with Crippen molar-refractivity contribution in [3.8, 4) is 0 Å². The first-order valence-electron chi connectivity index (χ1n) is 10.1. The number of nitrogens with zero attached hydrogens (tertiary/aromatic N) is 2. The Morgan fingerprint density at radius 2 is 1.62 bits per heavy atom. The number of hydrogen-bond acceptors (Lipinski definition) is 3. The summed E-state index contributed by atoms with van der Waals surface area (Å²) in [5, 5.41) is 0.213. The zero-order chi connectivity index (χ0) is 20.4. The zero-order valence-corrected chi connectivity index (χ0v) is 17.8. The third-order valence-corrected chi connectivity index (χ3v) is 8.27. The molecule has 0 bridgehead atoms. The van der Waals surface area contributed by atoms with Crippen molar-refractivity contribution in [3.63, 3.8) is 0 Å². The van der Waals surface area contributed by atoms with Crippen LogP contribution in [0.1, 0.15) is 37.3 Å². The average molecular weight is 433 g/mol. The molecule has 0 aromatic heterocycles. The highest BCUT2D eigenvalue weighted by molar-refractivity contribution is 7.89. The van der Waals surface area contributed by atoms with Gasteiger partial charge in [-0.2, -0.15) is 4.31 Å². The van der Waals surface area contributed by atoms with E-state index in [1.54, 1.807) is 18.2 Å². The third kappa shape index (κ3) is 4.06. The molecule has 2 atom stereocenters. The van der Waals surface area contributed by atoms with E-state index in [1.165, 1.54) is 10.4 Å². The monoisotopic (exact) mass is 432 g/mol. The highest BCUT2D eigenvalue weighted by atomic mass is 35.5. The molecule has 2 unspecified atom stereocenters. The Labute approximate surface area is 177 Å². The number of likely N-dealkylation sites (tertiary alicyclic amines) is 1. The predicted molar refractivity (Wildman–Crippen MR) is 113 cm³/mol. The molecule has 5 nitrogen and oxygen atoms in total. The average Bonchev–Trinajstić information content (AvgIpc) is 3.24. The van der Waals surface area contributed by atoms with Crippen molar-refractivity contribution in [3.05, 3.63) is 65.2 Å². The summed E-state index contributed by atoms with van der Waals surface area (Å²) in [4.78, 5) is 15.4. The molecule has 2 heterocycles. The maximum atomic E-state index is 13.3. The lowest BCUT2D eigenvalue weighted by molar-refractivity contribution is -0.137. The number of halogens is 1. The van der Waals surface area contributed by atoms with E-state index in [1.807, 2.05) is 23.1 Å². The largest absolute Gasteiger partial charge is 0.335 e. The van der Waals surface area contributed by atoms with Gasteiger partial charge in [-0.05, 0) is 43.4 Å². The van der Waals surface area contributed by atoms with Gasteiger partial charge in [0, 0.05) is 19.6 Å². The Morgan fingerprint density at radius 1 is 0.931 bits per heavy atom. The van der Waals surface area contributed by atoms with E-state index in [4.69, 9.17) is 11.6 Å². The Hall–Kier alpha value is -1.89. The minimum atomic E-state index is -3.72. The number of amides is 1. The molecule has 0 saturated carbocycles. The topological polar surface area (TPSA) is 57.7 Å². The lowest BCUT2D eigenvalue weighted by Crippen LogP contribution is -2.46. The summed E-state index contributed by atoms with van der Waals surface area (Å²) in [6.07, 6.45) is 3.30. The molecule has 2 aromatic carbocycles. The van der Waals surface area contributed by atoms with Crippen molar-refractivity contribution in [2.24, 2.45) is 5.92 Å². The van der Waals surface area contributed by atoms with E-state index >= 15 is 0 Å². The number of carbonyl (C=O) groups excluding carboxylic acids is 1. The van der Waals surface area contributed by atoms with Crippen LogP contribution in [0, 0.1) is 5.92 Å². The second-order valence-corrected chi connectivity index (χ2v) is 10.0. The van der Waals surface area contributed by atoms with Crippen LogP contribution in [0.25, 0.3) is 0 Å². The maximum absolute atomic E-state index is 13.3. The van der Waals surface area contributed by atoms with E-state index in [0.29, 0.717) is 19.4 Å². The molecular formula is C22H25ClN2O3S. The SMILES string of the molecule is O=C(C1CCCN(S(=O)(=O)c2ccccc2Cl)C1)N1CCCC1c1ccccc1. The Bertz CT molecular complexity index is 981. The summed E-state index contributed by atoms with van der Waals surface area (Å²) in [5.74, 6) is -0.249. The van der Waals surface area contributed by atoms with Gasteiger partial charge in [-0.1, -0.05) is 54.1 Å². The Morgan fingerprint density at radius 3 is 2.38 bits per heavy atom. The zero-order valence-electron chi connectivity index (χ0n) is 16.2. The van der Waals surface area contributed by atoms with Crippen molar-refractivity contribution in [1.29, 1.82) is 0 Å². The normalized spacial score (nSPS) is 23.3. The van der Waals surface area contributed by atoms with Crippen molar-refractivity contribution >= 4 is 27.5 Å². The second kappa shape index (κ2) is 8.46. The van der Waals surface area contributed by atoms with Crippen molar-refractivity contribution < 1.29 is 13.2 Å². The number of hydrogen-bond donors (Lipinski definition) is 0.